The molecule has 5 nitrogen and oxygen atoms in total. The van der Waals surface area contributed by atoms with Crippen molar-refractivity contribution in [3.05, 3.63) is 47.7 Å². The molecule has 1 aliphatic heterocycles. The molecule has 0 saturated carbocycles. The number of anilines is 1. The Labute approximate surface area is 149 Å². The molecule has 0 bridgehead atoms. The largest absolute Gasteiger partial charge is 0.472 e. The maximum absolute atomic E-state index is 12.6. The van der Waals surface area contributed by atoms with Gasteiger partial charge < -0.3 is 15.4 Å². The lowest BCUT2D eigenvalue weighted by molar-refractivity contribution is -0.137. The smallest absolute Gasteiger partial charge is 0.417 e. The van der Waals surface area contributed by atoms with Crippen molar-refractivity contribution < 1.29 is 22.7 Å². The minimum Gasteiger partial charge on any atom is -0.472 e. The summed E-state index contributed by atoms with van der Waals surface area (Å²) in [6, 6.07) is 7.04. The number of hydrogen-bond acceptors (Lipinski definition) is 4. The molecule has 1 unspecified atom stereocenters. The van der Waals surface area contributed by atoms with Gasteiger partial charge in [-0.1, -0.05) is 17.6 Å². The SMILES string of the molecule is [B]c1ccc(N2CCC(Oc3ccc(C(F)(F)F)cn3)C2)c(C(N)=O)c1. The molecule has 1 fully saturated rings. The van der Waals surface area contributed by atoms with E-state index < -0.39 is 17.6 Å². The van der Waals surface area contributed by atoms with Crippen LogP contribution >= 0.6 is 0 Å². The summed E-state index contributed by atoms with van der Waals surface area (Å²) in [5, 5.41) is 0. The van der Waals surface area contributed by atoms with Gasteiger partial charge in [0.05, 0.1) is 17.7 Å². The number of hydrogen-bond donors (Lipinski definition) is 1. The van der Waals surface area contributed by atoms with Crippen molar-refractivity contribution in [2.75, 3.05) is 18.0 Å². The molecule has 1 aliphatic rings. The molecule has 2 aromatic rings. The van der Waals surface area contributed by atoms with E-state index in [1.807, 2.05) is 4.90 Å². The average Bonchev–Trinajstić information content (AvgIpc) is 3.02. The van der Waals surface area contributed by atoms with Crippen molar-refractivity contribution in [2.45, 2.75) is 18.7 Å². The van der Waals surface area contributed by atoms with Gasteiger partial charge in [0.1, 0.15) is 14.0 Å². The molecule has 1 saturated heterocycles. The maximum atomic E-state index is 12.6. The lowest BCUT2D eigenvalue weighted by Gasteiger charge is -2.21. The van der Waals surface area contributed by atoms with Gasteiger partial charge in [0.25, 0.3) is 5.91 Å². The van der Waals surface area contributed by atoms with E-state index in [0.29, 0.717) is 36.2 Å². The van der Waals surface area contributed by atoms with E-state index in [1.54, 1.807) is 12.1 Å². The first-order valence-corrected chi connectivity index (χ1v) is 7.88. The van der Waals surface area contributed by atoms with Gasteiger partial charge in [0, 0.05) is 30.9 Å². The highest BCUT2D eigenvalue weighted by Gasteiger charge is 2.31. The number of alkyl halides is 3. The van der Waals surface area contributed by atoms with Gasteiger partial charge in [-0.2, -0.15) is 13.2 Å². The van der Waals surface area contributed by atoms with E-state index in [1.165, 1.54) is 12.1 Å². The van der Waals surface area contributed by atoms with Gasteiger partial charge in [-0.05, 0) is 12.1 Å². The molecule has 0 aliphatic carbocycles. The number of nitrogens with two attached hydrogens (primary N) is 1. The second-order valence-corrected chi connectivity index (χ2v) is 6.00. The lowest BCUT2D eigenvalue weighted by atomic mass is 9.93. The van der Waals surface area contributed by atoms with Gasteiger partial charge in [-0.3, -0.25) is 4.79 Å². The van der Waals surface area contributed by atoms with Crippen LogP contribution in [0.4, 0.5) is 18.9 Å². The number of benzene rings is 1. The summed E-state index contributed by atoms with van der Waals surface area (Å²) in [6.07, 6.45) is -3.33. The summed E-state index contributed by atoms with van der Waals surface area (Å²) in [4.78, 5) is 17.3. The molecule has 1 aromatic heterocycles. The molecule has 1 aromatic carbocycles. The van der Waals surface area contributed by atoms with Crippen LogP contribution in [0.5, 0.6) is 5.88 Å². The highest BCUT2D eigenvalue weighted by atomic mass is 19.4. The van der Waals surface area contributed by atoms with Gasteiger partial charge in [0.15, 0.2) is 0 Å². The molecule has 0 spiro atoms. The highest BCUT2D eigenvalue weighted by molar-refractivity contribution is 6.33. The highest BCUT2D eigenvalue weighted by Crippen LogP contribution is 2.30. The molecule has 2 heterocycles. The number of primary amides is 1. The van der Waals surface area contributed by atoms with Crippen LogP contribution in [0.1, 0.15) is 22.3 Å². The monoisotopic (exact) mass is 361 g/mol. The number of pyridine rings is 1. The van der Waals surface area contributed by atoms with Gasteiger partial charge in [-0.15, -0.1) is 0 Å². The van der Waals surface area contributed by atoms with Crippen molar-refractivity contribution in [3.63, 3.8) is 0 Å². The minimum atomic E-state index is -4.43. The molecular formula is C17H15BF3N3O2. The lowest BCUT2D eigenvalue weighted by Crippen LogP contribution is -2.28. The van der Waals surface area contributed by atoms with Crippen molar-refractivity contribution in [1.29, 1.82) is 0 Å². The minimum absolute atomic E-state index is 0.122. The molecule has 1 amide bonds. The van der Waals surface area contributed by atoms with Crippen LogP contribution in [0.2, 0.25) is 0 Å². The van der Waals surface area contributed by atoms with E-state index in [-0.39, 0.29) is 12.0 Å². The van der Waals surface area contributed by atoms with Crippen molar-refractivity contribution in [2.24, 2.45) is 5.73 Å². The van der Waals surface area contributed by atoms with Crippen LogP contribution in [0, 0.1) is 0 Å². The van der Waals surface area contributed by atoms with Crippen LogP contribution in [0.15, 0.2) is 36.5 Å². The Hall–Kier alpha value is -2.71. The fourth-order valence-electron chi connectivity index (χ4n) is 2.86. The van der Waals surface area contributed by atoms with Crippen LogP contribution in [0.25, 0.3) is 0 Å². The Kier molecular flexibility index (Phi) is 4.80. The third-order valence-corrected chi connectivity index (χ3v) is 4.12. The van der Waals surface area contributed by atoms with E-state index >= 15 is 0 Å². The number of halogens is 3. The predicted molar refractivity (Wildman–Crippen MR) is 90.8 cm³/mol. The number of ether oxygens (including phenoxy) is 1. The zero-order valence-corrected chi connectivity index (χ0v) is 13.7. The fourth-order valence-corrected chi connectivity index (χ4v) is 2.86. The van der Waals surface area contributed by atoms with E-state index in [2.05, 4.69) is 4.98 Å². The first-order chi connectivity index (χ1) is 12.2. The van der Waals surface area contributed by atoms with E-state index in [0.717, 1.165) is 12.3 Å². The fraction of sp³-hybridized carbons (Fsp3) is 0.294. The molecule has 9 heteroatoms. The standard InChI is InChI=1S/C17H15BF3N3O2/c18-11-2-3-14(13(7-11)16(22)25)24-6-5-12(9-24)26-15-4-1-10(8-23-15)17(19,20)21/h1-4,7-8,12H,5-6,9H2,(H2,22,25). The quantitative estimate of drug-likeness (QED) is 0.841. The van der Waals surface area contributed by atoms with Crippen molar-refractivity contribution >= 4 is 24.9 Å². The van der Waals surface area contributed by atoms with Crippen LogP contribution in [-0.2, 0) is 6.18 Å². The third-order valence-electron chi connectivity index (χ3n) is 4.12. The van der Waals surface area contributed by atoms with Crippen LogP contribution in [0.3, 0.4) is 0 Å². The summed E-state index contributed by atoms with van der Waals surface area (Å²) in [6.45, 7) is 1.06. The van der Waals surface area contributed by atoms with E-state index in [9.17, 15) is 18.0 Å². The van der Waals surface area contributed by atoms with Crippen molar-refractivity contribution in [1.82, 2.24) is 4.98 Å². The third kappa shape index (κ3) is 3.92. The molecular weight excluding hydrogens is 346 g/mol. The van der Waals surface area contributed by atoms with Gasteiger partial charge in [0.2, 0.25) is 5.88 Å². The summed E-state index contributed by atoms with van der Waals surface area (Å²) in [5.41, 5.74) is 5.98. The molecule has 26 heavy (non-hydrogen) atoms. The average molecular weight is 361 g/mol. The Morgan fingerprint density at radius 3 is 2.69 bits per heavy atom. The summed E-state index contributed by atoms with van der Waals surface area (Å²) in [7, 11) is 5.70. The summed E-state index contributed by atoms with van der Waals surface area (Å²) >= 11 is 0. The Balaban J connectivity index is 1.69. The zero-order chi connectivity index (χ0) is 18.9. The molecule has 134 valence electrons. The molecule has 1 atom stereocenters. The van der Waals surface area contributed by atoms with Crippen LogP contribution in [-0.4, -0.2) is 37.9 Å². The number of aromatic nitrogens is 1. The second kappa shape index (κ2) is 6.89. The Bertz CT molecular complexity index is 812. The Morgan fingerprint density at radius 1 is 1.31 bits per heavy atom. The zero-order valence-electron chi connectivity index (χ0n) is 13.7. The normalized spacial score (nSPS) is 17.3. The van der Waals surface area contributed by atoms with Crippen molar-refractivity contribution in [3.8, 4) is 5.88 Å². The summed E-state index contributed by atoms with van der Waals surface area (Å²) in [5.74, 6) is -0.460. The predicted octanol–water partition coefficient (Wildman–Crippen LogP) is 1.65. The summed E-state index contributed by atoms with van der Waals surface area (Å²) < 4.78 is 43.3. The number of nitrogens with zero attached hydrogens (tertiary/aromatic N) is 2. The molecule has 2 N–H and O–H groups in total. The Morgan fingerprint density at radius 2 is 2.08 bits per heavy atom. The van der Waals surface area contributed by atoms with Crippen LogP contribution < -0.4 is 20.8 Å². The number of amides is 1. The topological polar surface area (TPSA) is 68.4 Å². The van der Waals surface area contributed by atoms with Gasteiger partial charge in [-0.25, -0.2) is 4.98 Å². The first kappa shape index (κ1) is 18.1. The number of carbonyl (C=O) groups is 1. The first-order valence-electron chi connectivity index (χ1n) is 7.88. The second-order valence-electron chi connectivity index (χ2n) is 6.00. The molecule has 3 rings (SSSR count). The van der Waals surface area contributed by atoms with Gasteiger partial charge >= 0.3 is 6.18 Å². The van der Waals surface area contributed by atoms with E-state index in [4.69, 9.17) is 18.3 Å². The number of carbonyl (C=O) groups excluding carboxylic acids is 1. The number of rotatable bonds is 4. The maximum Gasteiger partial charge on any atom is 0.417 e. The molecule has 2 radical (unpaired) electrons.